The van der Waals surface area contributed by atoms with Crippen LogP contribution < -0.4 is 10.1 Å². The molecule has 0 saturated heterocycles. The summed E-state index contributed by atoms with van der Waals surface area (Å²) in [6.07, 6.45) is 0. The first-order chi connectivity index (χ1) is 13.3. The third-order valence-corrected chi connectivity index (χ3v) is 5.13. The van der Waals surface area contributed by atoms with Gasteiger partial charge in [-0.05, 0) is 48.0 Å². The van der Waals surface area contributed by atoms with Crippen molar-refractivity contribution in [2.75, 3.05) is 5.32 Å². The molecule has 4 aromatic rings. The van der Waals surface area contributed by atoms with Gasteiger partial charge in [0.15, 0.2) is 0 Å². The summed E-state index contributed by atoms with van der Waals surface area (Å²) < 4.78 is 7.01. The number of hydrogen-bond donors (Lipinski definition) is 1. The van der Waals surface area contributed by atoms with Crippen molar-refractivity contribution in [1.82, 2.24) is 4.98 Å². The van der Waals surface area contributed by atoms with E-state index in [1.165, 1.54) is 0 Å². The molecular weight excluding hydrogens is 354 g/mol. The van der Waals surface area contributed by atoms with Gasteiger partial charge in [0.1, 0.15) is 17.4 Å². The summed E-state index contributed by atoms with van der Waals surface area (Å²) in [6, 6.07) is 25.7. The topological polar surface area (TPSA) is 57.9 Å². The number of rotatable bonds is 6. The summed E-state index contributed by atoms with van der Waals surface area (Å²) in [4.78, 5) is 4.67. The molecule has 1 N–H and O–H groups in total. The molecule has 4 nitrogen and oxygen atoms in total. The average molecular weight is 371 g/mol. The number of anilines is 1. The first-order valence-corrected chi connectivity index (χ1v) is 9.42. The maximum atomic E-state index is 8.85. The van der Waals surface area contributed by atoms with E-state index in [1.807, 2.05) is 48.5 Å². The number of nitrogens with one attached hydrogen (secondary N) is 1. The van der Waals surface area contributed by atoms with Crippen molar-refractivity contribution in [3.05, 3.63) is 88.9 Å². The lowest BCUT2D eigenvalue weighted by atomic mass is 10.2. The first-order valence-electron chi connectivity index (χ1n) is 8.60. The van der Waals surface area contributed by atoms with E-state index in [9.17, 15) is 0 Å². The molecule has 27 heavy (non-hydrogen) atoms. The molecule has 0 amide bonds. The standard InChI is InChI=1S/C22H17N3OS/c23-13-16-6-8-18(9-7-16)24-14-22-25-20-11-10-19(12-21(20)27-22)26-15-17-4-2-1-3-5-17/h1-12,24H,14-15H2. The Labute approximate surface area is 161 Å². The number of hydrogen-bond acceptors (Lipinski definition) is 5. The molecule has 0 spiro atoms. The monoisotopic (exact) mass is 371 g/mol. The molecule has 0 atom stereocenters. The lowest BCUT2D eigenvalue weighted by Gasteiger charge is -2.05. The second-order valence-corrected chi connectivity index (χ2v) is 7.17. The fourth-order valence-electron chi connectivity index (χ4n) is 2.70. The van der Waals surface area contributed by atoms with Crippen molar-refractivity contribution in [2.24, 2.45) is 0 Å². The van der Waals surface area contributed by atoms with Crippen LogP contribution in [-0.4, -0.2) is 4.98 Å². The molecular formula is C22H17N3OS. The number of nitrogens with zero attached hydrogens (tertiary/aromatic N) is 2. The number of nitriles is 1. The smallest absolute Gasteiger partial charge is 0.121 e. The molecule has 0 fully saturated rings. The minimum atomic E-state index is 0.554. The van der Waals surface area contributed by atoms with Gasteiger partial charge in [-0.1, -0.05) is 30.3 Å². The molecule has 1 aromatic heterocycles. The van der Waals surface area contributed by atoms with E-state index in [4.69, 9.17) is 10.00 Å². The molecule has 0 aliphatic heterocycles. The van der Waals surface area contributed by atoms with Crippen LogP contribution in [0.5, 0.6) is 5.75 Å². The highest BCUT2D eigenvalue weighted by molar-refractivity contribution is 7.18. The third-order valence-electron chi connectivity index (χ3n) is 4.11. The zero-order valence-electron chi connectivity index (χ0n) is 14.6. The van der Waals surface area contributed by atoms with Crippen LogP contribution in [0.25, 0.3) is 10.2 Å². The Bertz CT molecular complexity index is 1080. The van der Waals surface area contributed by atoms with Crippen molar-refractivity contribution >= 4 is 27.2 Å². The lowest BCUT2D eigenvalue weighted by Crippen LogP contribution is -1.98. The molecule has 0 unspecified atom stereocenters. The Morgan fingerprint density at radius 3 is 2.59 bits per heavy atom. The second-order valence-electron chi connectivity index (χ2n) is 6.05. The van der Waals surface area contributed by atoms with Crippen LogP contribution in [0.4, 0.5) is 5.69 Å². The van der Waals surface area contributed by atoms with E-state index < -0.39 is 0 Å². The Balaban J connectivity index is 1.41. The molecule has 0 aliphatic carbocycles. The van der Waals surface area contributed by atoms with Gasteiger partial charge >= 0.3 is 0 Å². The number of fused-ring (bicyclic) bond motifs is 1. The van der Waals surface area contributed by atoms with E-state index in [2.05, 4.69) is 28.5 Å². The molecule has 0 radical (unpaired) electrons. The fraction of sp³-hybridized carbons (Fsp3) is 0.0909. The third kappa shape index (κ3) is 4.25. The van der Waals surface area contributed by atoms with Gasteiger partial charge in [-0.3, -0.25) is 0 Å². The predicted octanol–water partition coefficient (Wildman–Crippen LogP) is 5.36. The van der Waals surface area contributed by atoms with Crippen LogP contribution in [-0.2, 0) is 13.2 Å². The molecule has 5 heteroatoms. The van der Waals surface area contributed by atoms with E-state index in [1.54, 1.807) is 23.5 Å². The molecule has 0 saturated carbocycles. The van der Waals surface area contributed by atoms with Gasteiger partial charge in [-0.2, -0.15) is 5.26 Å². The zero-order valence-corrected chi connectivity index (χ0v) is 15.4. The second kappa shape index (κ2) is 7.90. The number of thiazole rings is 1. The van der Waals surface area contributed by atoms with Gasteiger partial charge in [0.2, 0.25) is 0 Å². The van der Waals surface area contributed by atoms with Crippen LogP contribution in [0.15, 0.2) is 72.8 Å². The average Bonchev–Trinajstić information content (AvgIpc) is 3.14. The highest BCUT2D eigenvalue weighted by Crippen LogP contribution is 2.27. The van der Waals surface area contributed by atoms with Gasteiger partial charge in [0.25, 0.3) is 0 Å². The fourth-order valence-corrected chi connectivity index (χ4v) is 3.63. The molecule has 0 aliphatic rings. The quantitative estimate of drug-likeness (QED) is 0.496. The maximum Gasteiger partial charge on any atom is 0.121 e. The number of ether oxygens (including phenoxy) is 1. The largest absolute Gasteiger partial charge is 0.489 e. The Morgan fingerprint density at radius 2 is 1.81 bits per heavy atom. The lowest BCUT2D eigenvalue weighted by molar-refractivity contribution is 0.306. The van der Waals surface area contributed by atoms with Crippen LogP contribution >= 0.6 is 11.3 Å². The first kappa shape index (κ1) is 17.1. The van der Waals surface area contributed by atoms with Crippen LogP contribution in [0.2, 0.25) is 0 Å². The van der Waals surface area contributed by atoms with Gasteiger partial charge in [-0.25, -0.2) is 4.98 Å². The van der Waals surface area contributed by atoms with Crippen molar-refractivity contribution < 1.29 is 4.74 Å². The molecule has 3 aromatic carbocycles. The molecule has 1 heterocycles. The van der Waals surface area contributed by atoms with Crippen LogP contribution in [0.1, 0.15) is 16.1 Å². The van der Waals surface area contributed by atoms with Crippen molar-refractivity contribution in [3.8, 4) is 11.8 Å². The van der Waals surface area contributed by atoms with Crippen molar-refractivity contribution in [3.63, 3.8) is 0 Å². The number of benzene rings is 3. The SMILES string of the molecule is N#Cc1ccc(NCc2nc3ccc(OCc4ccccc4)cc3s2)cc1. The van der Waals surface area contributed by atoms with E-state index in [0.29, 0.717) is 18.7 Å². The van der Waals surface area contributed by atoms with E-state index in [-0.39, 0.29) is 0 Å². The molecule has 4 rings (SSSR count). The van der Waals surface area contributed by atoms with Crippen molar-refractivity contribution in [2.45, 2.75) is 13.2 Å². The minimum absolute atomic E-state index is 0.554. The number of aromatic nitrogens is 1. The highest BCUT2D eigenvalue weighted by Gasteiger charge is 2.06. The van der Waals surface area contributed by atoms with Crippen LogP contribution in [0.3, 0.4) is 0 Å². The summed E-state index contributed by atoms with van der Waals surface area (Å²) in [7, 11) is 0. The Hall–Kier alpha value is -3.36. The highest BCUT2D eigenvalue weighted by atomic mass is 32.1. The zero-order chi connectivity index (χ0) is 18.5. The Morgan fingerprint density at radius 1 is 1.00 bits per heavy atom. The van der Waals surface area contributed by atoms with E-state index in [0.717, 1.165) is 32.2 Å². The summed E-state index contributed by atoms with van der Waals surface area (Å²) in [5.74, 6) is 0.849. The Kier molecular flexibility index (Phi) is 4.99. The van der Waals surface area contributed by atoms with Gasteiger partial charge in [0, 0.05) is 5.69 Å². The molecule has 0 bridgehead atoms. The minimum Gasteiger partial charge on any atom is -0.489 e. The molecule has 132 valence electrons. The predicted molar refractivity (Wildman–Crippen MR) is 109 cm³/mol. The summed E-state index contributed by atoms with van der Waals surface area (Å²) in [6.45, 7) is 1.20. The summed E-state index contributed by atoms with van der Waals surface area (Å²) in [5.41, 5.74) is 3.75. The van der Waals surface area contributed by atoms with Crippen molar-refractivity contribution in [1.29, 1.82) is 5.26 Å². The van der Waals surface area contributed by atoms with Gasteiger partial charge in [-0.15, -0.1) is 11.3 Å². The van der Waals surface area contributed by atoms with E-state index >= 15 is 0 Å². The maximum absolute atomic E-state index is 8.85. The van der Waals surface area contributed by atoms with Gasteiger partial charge in [0.05, 0.1) is 28.4 Å². The summed E-state index contributed by atoms with van der Waals surface area (Å²) in [5, 5.41) is 13.2. The van der Waals surface area contributed by atoms with Crippen LogP contribution in [0, 0.1) is 11.3 Å². The normalized spacial score (nSPS) is 10.5. The van der Waals surface area contributed by atoms with Gasteiger partial charge < -0.3 is 10.1 Å². The summed E-state index contributed by atoms with van der Waals surface area (Å²) >= 11 is 1.65.